The summed E-state index contributed by atoms with van der Waals surface area (Å²) in [6.45, 7) is 0. The number of rotatable bonds is 4. The molecule has 0 unspecified atom stereocenters. The van der Waals surface area contributed by atoms with Crippen molar-refractivity contribution in [2.24, 2.45) is 0 Å². The maximum Gasteiger partial charge on any atom is 0.334 e. The summed E-state index contributed by atoms with van der Waals surface area (Å²) in [4.78, 5) is 22.6. The maximum absolute atomic E-state index is 13.5. The fraction of sp³-hybridized carbons (Fsp3) is 0.231. The largest absolute Gasteiger partial charge is 0.469 e. The number of carbonyl (C=O) groups is 2. The predicted octanol–water partition coefficient (Wildman–Crippen LogP) is 2.22. The first-order valence-electron chi connectivity index (χ1n) is 5.40. The van der Waals surface area contributed by atoms with Gasteiger partial charge in [0.2, 0.25) is 0 Å². The van der Waals surface area contributed by atoms with Crippen LogP contribution in [0.25, 0.3) is 6.08 Å². The topological polar surface area (TPSA) is 52.6 Å². The highest BCUT2D eigenvalue weighted by atomic mass is 19.2. The first-order valence-corrected chi connectivity index (χ1v) is 5.40. The van der Waals surface area contributed by atoms with E-state index in [9.17, 15) is 22.8 Å². The van der Waals surface area contributed by atoms with Crippen LogP contribution in [0.1, 0.15) is 12.0 Å². The Balaban J connectivity index is 3.23. The number of hydrogen-bond acceptors (Lipinski definition) is 4. The van der Waals surface area contributed by atoms with Gasteiger partial charge in [0.25, 0.3) is 0 Å². The van der Waals surface area contributed by atoms with E-state index in [0.717, 1.165) is 26.4 Å². The quantitative estimate of drug-likeness (QED) is 0.484. The molecule has 0 amide bonds. The maximum atomic E-state index is 13.5. The zero-order chi connectivity index (χ0) is 15.3. The Morgan fingerprint density at radius 3 is 2.30 bits per heavy atom. The Morgan fingerprint density at radius 2 is 1.75 bits per heavy atom. The highest BCUT2D eigenvalue weighted by Gasteiger charge is 2.18. The molecule has 0 fully saturated rings. The normalized spacial score (nSPS) is 11.2. The van der Waals surface area contributed by atoms with Gasteiger partial charge in [-0.25, -0.2) is 18.0 Å². The van der Waals surface area contributed by atoms with Gasteiger partial charge in [0.15, 0.2) is 17.5 Å². The van der Waals surface area contributed by atoms with Crippen LogP contribution < -0.4 is 0 Å². The van der Waals surface area contributed by atoms with Crippen LogP contribution in [0.4, 0.5) is 13.2 Å². The van der Waals surface area contributed by atoms with Gasteiger partial charge >= 0.3 is 11.9 Å². The number of esters is 2. The lowest BCUT2D eigenvalue weighted by molar-refractivity contribution is -0.143. The van der Waals surface area contributed by atoms with Crippen LogP contribution in [0.15, 0.2) is 17.7 Å². The van der Waals surface area contributed by atoms with E-state index < -0.39 is 35.8 Å². The summed E-state index contributed by atoms with van der Waals surface area (Å²) < 4.78 is 48.1. The Hall–Kier alpha value is -2.31. The van der Waals surface area contributed by atoms with Gasteiger partial charge in [-0.15, -0.1) is 0 Å². The Kier molecular flexibility index (Phi) is 5.31. The van der Waals surface area contributed by atoms with E-state index in [-0.39, 0.29) is 11.1 Å². The monoisotopic (exact) mass is 288 g/mol. The molecule has 0 saturated carbocycles. The summed E-state index contributed by atoms with van der Waals surface area (Å²) >= 11 is 0. The molecule has 0 saturated heterocycles. The summed E-state index contributed by atoms with van der Waals surface area (Å²) in [5, 5.41) is 0. The minimum absolute atomic E-state index is 0.246. The van der Waals surface area contributed by atoms with Gasteiger partial charge in [-0.05, 0) is 18.2 Å². The van der Waals surface area contributed by atoms with Gasteiger partial charge in [-0.2, -0.15) is 0 Å². The molecule has 1 rings (SSSR count). The summed E-state index contributed by atoms with van der Waals surface area (Å²) in [6.07, 6.45) is 0.419. The van der Waals surface area contributed by atoms with Crippen molar-refractivity contribution < 1.29 is 32.2 Å². The minimum atomic E-state index is -1.67. The Labute approximate surface area is 112 Å². The molecule has 20 heavy (non-hydrogen) atoms. The third-order valence-electron chi connectivity index (χ3n) is 2.40. The number of halogens is 3. The molecule has 108 valence electrons. The van der Waals surface area contributed by atoms with E-state index in [4.69, 9.17) is 0 Å². The van der Waals surface area contributed by atoms with E-state index in [2.05, 4.69) is 9.47 Å². The van der Waals surface area contributed by atoms with Crippen molar-refractivity contribution in [1.82, 2.24) is 0 Å². The molecule has 0 N–H and O–H groups in total. The van der Waals surface area contributed by atoms with E-state index in [1.54, 1.807) is 0 Å². The number of ether oxygens (including phenoxy) is 2. The average Bonchev–Trinajstić information content (AvgIpc) is 2.45. The van der Waals surface area contributed by atoms with Crippen LogP contribution in [0.5, 0.6) is 0 Å². The molecule has 0 aromatic heterocycles. The van der Waals surface area contributed by atoms with Crippen molar-refractivity contribution >= 4 is 18.0 Å². The fourth-order valence-corrected chi connectivity index (χ4v) is 1.38. The van der Waals surface area contributed by atoms with Gasteiger partial charge in [0, 0.05) is 11.1 Å². The Morgan fingerprint density at radius 1 is 1.10 bits per heavy atom. The molecule has 7 heteroatoms. The van der Waals surface area contributed by atoms with Crippen molar-refractivity contribution in [2.75, 3.05) is 14.2 Å². The van der Waals surface area contributed by atoms with Crippen LogP contribution in [0.2, 0.25) is 0 Å². The van der Waals surface area contributed by atoms with Crippen LogP contribution in [0.3, 0.4) is 0 Å². The predicted molar refractivity (Wildman–Crippen MR) is 62.9 cm³/mol. The zero-order valence-corrected chi connectivity index (χ0v) is 10.7. The number of benzene rings is 1. The van der Waals surface area contributed by atoms with Crippen molar-refractivity contribution in [3.8, 4) is 0 Å². The number of methoxy groups -OCH3 is 2. The second kappa shape index (κ2) is 6.74. The summed E-state index contributed by atoms with van der Waals surface area (Å²) in [5.41, 5.74) is -0.627. The second-order valence-electron chi connectivity index (χ2n) is 3.68. The van der Waals surface area contributed by atoms with E-state index in [0.29, 0.717) is 6.07 Å². The molecule has 0 bridgehead atoms. The third-order valence-corrected chi connectivity index (χ3v) is 2.40. The lowest BCUT2D eigenvalue weighted by atomic mass is 10.1. The van der Waals surface area contributed by atoms with Crippen molar-refractivity contribution in [1.29, 1.82) is 0 Å². The van der Waals surface area contributed by atoms with Gasteiger partial charge in [0.05, 0.1) is 20.6 Å². The molecule has 0 aliphatic heterocycles. The van der Waals surface area contributed by atoms with Gasteiger partial charge in [-0.3, -0.25) is 4.79 Å². The molecule has 1 aromatic carbocycles. The molecule has 4 nitrogen and oxygen atoms in total. The molecule has 0 heterocycles. The Bertz CT molecular complexity index is 567. The second-order valence-corrected chi connectivity index (χ2v) is 3.68. The van der Waals surface area contributed by atoms with Crippen LogP contribution in [-0.2, 0) is 19.1 Å². The number of hydrogen-bond donors (Lipinski definition) is 0. The summed E-state index contributed by atoms with van der Waals surface area (Å²) in [7, 11) is 2.17. The zero-order valence-electron chi connectivity index (χ0n) is 10.7. The molecule has 0 atom stereocenters. The van der Waals surface area contributed by atoms with Crippen LogP contribution in [0, 0.1) is 17.5 Å². The molecule has 0 aliphatic carbocycles. The smallest absolute Gasteiger partial charge is 0.334 e. The van der Waals surface area contributed by atoms with Gasteiger partial charge in [-0.1, -0.05) is 0 Å². The average molecular weight is 288 g/mol. The third kappa shape index (κ3) is 3.59. The molecule has 0 radical (unpaired) electrons. The standard InChI is InChI=1S/C13H11F3O4/c1-19-10(17)6-8(13(18)20-2)5-7-3-4-9(14)12(16)11(7)15/h3-5H,6H2,1-2H3/b8-5+. The summed E-state index contributed by atoms with van der Waals surface area (Å²) in [6, 6.07) is 1.64. The fourth-order valence-electron chi connectivity index (χ4n) is 1.38. The molecule has 0 aliphatic rings. The van der Waals surface area contributed by atoms with E-state index >= 15 is 0 Å². The van der Waals surface area contributed by atoms with E-state index in [1.807, 2.05) is 0 Å². The first-order chi connectivity index (χ1) is 9.40. The SMILES string of the molecule is COC(=O)C/C(=C\c1ccc(F)c(F)c1F)C(=O)OC. The van der Waals surface area contributed by atoms with Crippen molar-refractivity contribution in [2.45, 2.75) is 6.42 Å². The lowest BCUT2D eigenvalue weighted by Gasteiger charge is -2.06. The molecular formula is C13H11F3O4. The highest BCUT2D eigenvalue weighted by Crippen LogP contribution is 2.19. The number of carbonyl (C=O) groups excluding carboxylic acids is 2. The van der Waals surface area contributed by atoms with Crippen molar-refractivity contribution in [3.05, 3.63) is 40.7 Å². The first kappa shape index (κ1) is 15.7. The summed E-state index contributed by atoms with van der Waals surface area (Å²) in [5.74, 6) is -6.14. The minimum Gasteiger partial charge on any atom is -0.469 e. The van der Waals surface area contributed by atoms with Gasteiger partial charge < -0.3 is 9.47 Å². The molecule has 0 spiro atoms. The van der Waals surface area contributed by atoms with Crippen LogP contribution in [-0.4, -0.2) is 26.2 Å². The van der Waals surface area contributed by atoms with Crippen molar-refractivity contribution in [3.63, 3.8) is 0 Å². The lowest BCUT2D eigenvalue weighted by Crippen LogP contribution is -2.11. The molecular weight excluding hydrogens is 277 g/mol. The molecule has 1 aromatic rings. The van der Waals surface area contributed by atoms with Gasteiger partial charge in [0.1, 0.15) is 0 Å². The highest BCUT2D eigenvalue weighted by molar-refractivity contribution is 5.98. The van der Waals surface area contributed by atoms with E-state index in [1.165, 1.54) is 0 Å². The van der Waals surface area contributed by atoms with Crippen LogP contribution >= 0.6 is 0 Å².